The van der Waals surface area contributed by atoms with Gasteiger partial charge in [-0.2, -0.15) is 0 Å². The fraction of sp³-hybridized carbons (Fsp3) is 0.647. The Morgan fingerprint density at radius 1 is 1.15 bits per heavy atom. The van der Waals surface area contributed by atoms with E-state index in [1.807, 2.05) is 7.11 Å². The van der Waals surface area contributed by atoms with Gasteiger partial charge >= 0.3 is 0 Å². The van der Waals surface area contributed by atoms with Gasteiger partial charge in [-0.25, -0.2) is 0 Å². The van der Waals surface area contributed by atoms with Gasteiger partial charge in [0.1, 0.15) is 0 Å². The molecule has 0 heterocycles. The predicted molar refractivity (Wildman–Crippen MR) is 83.5 cm³/mol. The smallest absolute Gasteiger partial charge is 0.0847 e. The average molecular weight is 276 g/mol. The van der Waals surface area contributed by atoms with Crippen LogP contribution in [0.15, 0.2) is 24.3 Å². The number of hydrogen-bond acceptors (Lipinski definition) is 3. The minimum absolute atomic E-state index is 0.101. The molecular formula is C17H28N2O. The van der Waals surface area contributed by atoms with E-state index in [2.05, 4.69) is 36.6 Å². The summed E-state index contributed by atoms with van der Waals surface area (Å²) in [5.41, 5.74) is 5.62. The Bertz CT molecular complexity index is 396. The molecule has 0 spiro atoms. The van der Waals surface area contributed by atoms with Crippen LogP contribution in [0, 0.1) is 0 Å². The third-order valence-electron chi connectivity index (χ3n) is 4.81. The van der Waals surface area contributed by atoms with E-state index in [1.54, 1.807) is 0 Å². The third-order valence-corrected chi connectivity index (χ3v) is 4.81. The number of hydrazine groups is 1. The Balaban J connectivity index is 2.09. The fourth-order valence-electron chi connectivity index (χ4n) is 3.39. The molecule has 0 aliphatic heterocycles. The largest absolute Gasteiger partial charge is 0.377 e. The van der Waals surface area contributed by atoms with Gasteiger partial charge in [-0.15, -0.1) is 0 Å². The average Bonchev–Trinajstić information content (AvgIpc) is 2.53. The number of nitrogens with two attached hydrogens (primary N) is 1. The number of methoxy groups -OCH3 is 1. The molecule has 0 amide bonds. The van der Waals surface area contributed by atoms with Crippen LogP contribution >= 0.6 is 0 Å². The zero-order chi connectivity index (χ0) is 14.4. The summed E-state index contributed by atoms with van der Waals surface area (Å²) in [6.45, 7) is 2.18. The van der Waals surface area contributed by atoms with Crippen LogP contribution in [0.5, 0.6) is 0 Å². The first-order valence-corrected chi connectivity index (χ1v) is 7.83. The van der Waals surface area contributed by atoms with Crippen molar-refractivity contribution in [2.24, 2.45) is 5.84 Å². The van der Waals surface area contributed by atoms with Crippen molar-refractivity contribution in [3.05, 3.63) is 35.4 Å². The third kappa shape index (κ3) is 3.40. The molecule has 3 nitrogen and oxygen atoms in total. The molecule has 1 aliphatic carbocycles. The molecule has 0 bridgehead atoms. The molecule has 2 rings (SSSR count). The minimum atomic E-state index is -0.101. The lowest BCUT2D eigenvalue weighted by atomic mass is 9.77. The molecule has 1 aliphatic rings. The maximum atomic E-state index is 5.91. The summed E-state index contributed by atoms with van der Waals surface area (Å²) in [6.07, 6.45) is 8.00. The van der Waals surface area contributed by atoms with Crippen molar-refractivity contribution >= 4 is 0 Å². The van der Waals surface area contributed by atoms with Crippen molar-refractivity contribution in [3.63, 3.8) is 0 Å². The van der Waals surface area contributed by atoms with Crippen molar-refractivity contribution in [2.75, 3.05) is 7.11 Å². The van der Waals surface area contributed by atoms with E-state index >= 15 is 0 Å². The van der Waals surface area contributed by atoms with E-state index in [9.17, 15) is 0 Å². The monoisotopic (exact) mass is 276 g/mol. The quantitative estimate of drug-likeness (QED) is 0.620. The highest BCUT2D eigenvalue weighted by molar-refractivity contribution is 5.24. The lowest BCUT2D eigenvalue weighted by Gasteiger charge is -2.42. The van der Waals surface area contributed by atoms with Crippen LogP contribution in [0.2, 0.25) is 0 Å². The van der Waals surface area contributed by atoms with Crippen LogP contribution < -0.4 is 11.3 Å². The van der Waals surface area contributed by atoms with E-state index in [1.165, 1.54) is 30.4 Å². The lowest BCUT2D eigenvalue weighted by Crippen LogP contribution is -2.56. The summed E-state index contributed by atoms with van der Waals surface area (Å²) < 4.78 is 5.91. The Morgan fingerprint density at radius 2 is 1.75 bits per heavy atom. The summed E-state index contributed by atoms with van der Waals surface area (Å²) in [4.78, 5) is 0. The zero-order valence-corrected chi connectivity index (χ0v) is 12.8. The molecule has 3 heteroatoms. The van der Waals surface area contributed by atoms with Crippen molar-refractivity contribution in [3.8, 4) is 0 Å². The number of benzene rings is 1. The topological polar surface area (TPSA) is 47.3 Å². The van der Waals surface area contributed by atoms with Crippen LogP contribution in [0.3, 0.4) is 0 Å². The highest BCUT2D eigenvalue weighted by Gasteiger charge is 2.39. The fourth-order valence-corrected chi connectivity index (χ4v) is 3.39. The minimum Gasteiger partial charge on any atom is -0.377 e. The van der Waals surface area contributed by atoms with Gasteiger partial charge in [-0.05, 0) is 36.8 Å². The van der Waals surface area contributed by atoms with Gasteiger partial charge in [0.05, 0.1) is 11.6 Å². The lowest BCUT2D eigenvalue weighted by molar-refractivity contribution is -0.0673. The molecule has 1 fully saturated rings. The van der Waals surface area contributed by atoms with E-state index in [4.69, 9.17) is 10.6 Å². The highest BCUT2D eigenvalue weighted by Crippen LogP contribution is 2.35. The molecule has 0 radical (unpaired) electrons. The zero-order valence-electron chi connectivity index (χ0n) is 12.8. The van der Waals surface area contributed by atoms with E-state index < -0.39 is 0 Å². The maximum Gasteiger partial charge on any atom is 0.0847 e. The second-order valence-electron chi connectivity index (χ2n) is 5.92. The molecular weight excluding hydrogens is 248 g/mol. The van der Waals surface area contributed by atoms with E-state index in [0.717, 1.165) is 25.7 Å². The summed E-state index contributed by atoms with van der Waals surface area (Å²) in [5, 5.41) is 0. The highest BCUT2D eigenvalue weighted by atomic mass is 16.5. The van der Waals surface area contributed by atoms with Crippen LogP contribution in [0.25, 0.3) is 0 Å². The van der Waals surface area contributed by atoms with E-state index in [0.29, 0.717) is 0 Å². The molecule has 112 valence electrons. The van der Waals surface area contributed by atoms with Crippen LogP contribution in [-0.2, 0) is 17.6 Å². The van der Waals surface area contributed by atoms with Crippen molar-refractivity contribution < 1.29 is 4.74 Å². The first kappa shape index (κ1) is 15.5. The van der Waals surface area contributed by atoms with Crippen LogP contribution in [-0.4, -0.2) is 18.8 Å². The first-order chi connectivity index (χ1) is 9.74. The molecule has 1 saturated carbocycles. The number of aryl methyl sites for hydroxylation is 1. The summed E-state index contributed by atoms with van der Waals surface area (Å²) in [7, 11) is 1.83. The van der Waals surface area contributed by atoms with Gasteiger partial charge in [-0.1, -0.05) is 50.5 Å². The second-order valence-corrected chi connectivity index (χ2v) is 5.92. The van der Waals surface area contributed by atoms with Crippen molar-refractivity contribution in [1.82, 2.24) is 5.43 Å². The Labute approximate surface area is 122 Å². The van der Waals surface area contributed by atoms with Gasteiger partial charge in [0.25, 0.3) is 0 Å². The SMILES string of the molecule is CCc1ccc(CC(NN)C2(OC)CCCCC2)cc1. The normalized spacial score (nSPS) is 19.8. The number of ether oxygens (including phenoxy) is 1. The number of nitrogens with one attached hydrogen (secondary N) is 1. The van der Waals surface area contributed by atoms with Gasteiger partial charge in [0, 0.05) is 7.11 Å². The first-order valence-electron chi connectivity index (χ1n) is 7.83. The molecule has 0 aromatic heterocycles. The van der Waals surface area contributed by atoms with Gasteiger partial charge < -0.3 is 4.74 Å². The van der Waals surface area contributed by atoms with Gasteiger partial charge in [0.15, 0.2) is 0 Å². The molecule has 3 N–H and O–H groups in total. The molecule has 0 saturated heterocycles. The molecule has 1 atom stereocenters. The standard InChI is InChI=1S/C17H28N2O/c1-3-14-7-9-15(10-8-14)13-16(19-18)17(20-2)11-5-4-6-12-17/h7-10,16,19H,3-6,11-13,18H2,1-2H3. The second kappa shape index (κ2) is 7.21. The number of hydrogen-bond donors (Lipinski definition) is 2. The number of rotatable bonds is 6. The predicted octanol–water partition coefficient (Wildman–Crippen LogP) is 2.97. The molecule has 1 unspecified atom stereocenters. The van der Waals surface area contributed by atoms with Gasteiger partial charge in [-0.3, -0.25) is 11.3 Å². The molecule has 1 aromatic rings. The molecule has 1 aromatic carbocycles. The molecule has 20 heavy (non-hydrogen) atoms. The van der Waals surface area contributed by atoms with Crippen LogP contribution in [0.1, 0.15) is 50.2 Å². The van der Waals surface area contributed by atoms with Crippen molar-refractivity contribution in [2.45, 2.75) is 63.5 Å². The maximum absolute atomic E-state index is 5.91. The Kier molecular flexibility index (Phi) is 5.58. The Morgan fingerprint density at radius 3 is 2.25 bits per heavy atom. The summed E-state index contributed by atoms with van der Waals surface area (Å²) in [6, 6.07) is 9.04. The van der Waals surface area contributed by atoms with E-state index in [-0.39, 0.29) is 11.6 Å². The summed E-state index contributed by atoms with van der Waals surface area (Å²) >= 11 is 0. The van der Waals surface area contributed by atoms with Gasteiger partial charge in [0.2, 0.25) is 0 Å². The van der Waals surface area contributed by atoms with Crippen LogP contribution in [0.4, 0.5) is 0 Å². The van der Waals surface area contributed by atoms with Crippen molar-refractivity contribution in [1.29, 1.82) is 0 Å². The Hall–Kier alpha value is -0.900. The summed E-state index contributed by atoms with van der Waals surface area (Å²) in [5.74, 6) is 5.84.